The van der Waals surface area contributed by atoms with Crippen molar-refractivity contribution in [2.24, 2.45) is 0 Å². The zero-order valence-corrected chi connectivity index (χ0v) is 15.4. The number of carbonyl (C=O) groups excluding carboxylic acids is 1. The van der Waals surface area contributed by atoms with E-state index in [0.29, 0.717) is 28.0 Å². The molecule has 7 nitrogen and oxygen atoms in total. The van der Waals surface area contributed by atoms with Crippen LogP contribution in [0, 0.1) is 0 Å². The fraction of sp³-hybridized carbons (Fsp3) is 0.222. The molecule has 0 aliphatic carbocycles. The Balaban J connectivity index is 1.72. The summed E-state index contributed by atoms with van der Waals surface area (Å²) in [7, 11) is -3.51. The van der Waals surface area contributed by atoms with Crippen LogP contribution in [0.25, 0.3) is 11.1 Å². The maximum Gasteiger partial charge on any atom is 0.255 e. The largest absolute Gasteiger partial charge is 0.443 e. The normalized spacial score (nSPS) is 12.1. The van der Waals surface area contributed by atoms with Gasteiger partial charge in [-0.05, 0) is 63.2 Å². The molecule has 3 aromatic rings. The van der Waals surface area contributed by atoms with Crippen LogP contribution >= 0.6 is 0 Å². The highest BCUT2D eigenvalue weighted by atomic mass is 32.2. The standard InChI is InChI=1S/C18H19N3O4S/c1-18(2,3)26(23,24)21-13-6-4-12(5-7-13)17(22)20-14-8-9-16-15(10-14)19-11-25-16/h4-11,21H,1-3H3,(H,20,22). The first-order valence-electron chi connectivity index (χ1n) is 7.93. The van der Waals surface area contributed by atoms with E-state index < -0.39 is 14.8 Å². The Hall–Kier alpha value is -2.87. The zero-order chi connectivity index (χ0) is 18.9. The van der Waals surface area contributed by atoms with Gasteiger partial charge in [0.2, 0.25) is 10.0 Å². The van der Waals surface area contributed by atoms with Crippen molar-refractivity contribution in [2.75, 3.05) is 10.0 Å². The van der Waals surface area contributed by atoms with Gasteiger partial charge in [0.1, 0.15) is 5.52 Å². The maximum absolute atomic E-state index is 12.4. The first kappa shape index (κ1) is 17.9. The van der Waals surface area contributed by atoms with Gasteiger partial charge in [0.25, 0.3) is 5.91 Å². The topological polar surface area (TPSA) is 101 Å². The van der Waals surface area contributed by atoms with Crippen LogP contribution in [-0.2, 0) is 10.0 Å². The van der Waals surface area contributed by atoms with E-state index in [4.69, 9.17) is 4.42 Å². The molecular weight excluding hydrogens is 354 g/mol. The molecule has 0 spiro atoms. The number of anilines is 2. The van der Waals surface area contributed by atoms with Gasteiger partial charge in [-0.15, -0.1) is 0 Å². The van der Waals surface area contributed by atoms with Gasteiger partial charge in [-0.2, -0.15) is 0 Å². The lowest BCUT2D eigenvalue weighted by atomic mass is 10.2. The van der Waals surface area contributed by atoms with Gasteiger partial charge < -0.3 is 9.73 Å². The molecule has 1 aromatic heterocycles. The number of amides is 1. The molecule has 0 bridgehead atoms. The minimum atomic E-state index is -3.51. The van der Waals surface area contributed by atoms with Crippen LogP contribution in [-0.4, -0.2) is 24.1 Å². The number of benzene rings is 2. The summed E-state index contributed by atoms with van der Waals surface area (Å²) in [6.45, 7) is 4.84. The number of nitrogens with zero attached hydrogens (tertiary/aromatic N) is 1. The molecular formula is C18H19N3O4S. The van der Waals surface area contributed by atoms with E-state index in [9.17, 15) is 13.2 Å². The average Bonchev–Trinajstić information content (AvgIpc) is 3.01. The van der Waals surface area contributed by atoms with Crippen molar-refractivity contribution >= 4 is 38.4 Å². The summed E-state index contributed by atoms with van der Waals surface area (Å²) < 4.78 is 31.1. The van der Waals surface area contributed by atoms with Crippen molar-refractivity contribution in [3.63, 3.8) is 0 Å². The predicted molar refractivity (Wildman–Crippen MR) is 101 cm³/mol. The van der Waals surface area contributed by atoms with E-state index in [0.717, 1.165) is 0 Å². The lowest BCUT2D eigenvalue weighted by Gasteiger charge is -2.20. The number of sulfonamides is 1. The highest BCUT2D eigenvalue weighted by Gasteiger charge is 2.28. The Morgan fingerprint density at radius 1 is 1.04 bits per heavy atom. The minimum absolute atomic E-state index is 0.307. The number of aromatic nitrogens is 1. The summed E-state index contributed by atoms with van der Waals surface area (Å²) in [5.41, 5.74) is 2.69. The Bertz CT molecular complexity index is 1050. The van der Waals surface area contributed by atoms with Crippen LogP contribution in [0.3, 0.4) is 0 Å². The summed E-state index contributed by atoms with van der Waals surface area (Å²) in [5.74, 6) is -0.307. The summed E-state index contributed by atoms with van der Waals surface area (Å²) in [4.78, 5) is 16.4. The smallest absolute Gasteiger partial charge is 0.255 e. The molecule has 2 N–H and O–H groups in total. The molecule has 26 heavy (non-hydrogen) atoms. The third-order valence-corrected chi connectivity index (χ3v) is 5.91. The maximum atomic E-state index is 12.4. The molecule has 2 aromatic carbocycles. The second-order valence-corrected chi connectivity index (χ2v) is 9.22. The van der Waals surface area contributed by atoms with Crippen molar-refractivity contribution in [3.05, 3.63) is 54.4 Å². The number of hydrogen-bond acceptors (Lipinski definition) is 5. The van der Waals surface area contributed by atoms with Crippen molar-refractivity contribution in [3.8, 4) is 0 Å². The van der Waals surface area contributed by atoms with Crippen molar-refractivity contribution in [1.29, 1.82) is 0 Å². The summed E-state index contributed by atoms with van der Waals surface area (Å²) in [6.07, 6.45) is 1.34. The molecule has 3 rings (SSSR count). The third kappa shape index (κ3) is 3.70. The van der Waals surface area contributed by atoms with E-state index in [2.05, 4.69) is 15.0 Å². The van der Waals surface area contributed by atoms with Gasteiger partial charge >= 0.3 is 0 Å². The molecule has 0 radical (unpaired) electrons. The van der Waals surface area contributed by atoms with Crippen LogP contribution in [0.15, 0.2) is 53.3 Å². The molecule has 1 heterocycles. The monoisotopic (exact) mass is 373 g/mol. The SMILES string of the molecule is CC(C)(C)S(=O)(=O)Nc1ccc(C(=O)Nc2ccc3ocnc3c2)cc1. The number of fused-ring (bicyclic) bond motifs is 1. The molecule has 0 fully saturated rings. The summed E-state index contributed by atoms with van der Waals surface area (Å²) in [6, 6.07) is 11.4. The van der Waals surface area contributed by atoms with E-state index in [1.807, 2.05) is 0 Å². The molecule has 136 valence electrons. The first-order valence-corrected chi connectivity index (χ1v) is 9.41. The van der Waals surface area contributed by atoms with E-state index in [-0.39, 0.29) is 5.91 Å². The second-order valence-electron chi connectivity index (χ2n) is 6.78. The molecule has 0 atom stereocenters. The molecule has 8 heteroatoms. The highest BCUT2D eigenvalue weighted by Crippen LogP contribution is 2.21. The van der Waals surface area contributed by atoms with Crippen LogP contribution in [0.2, 0.25) is 0 Å². The quantitative estimate of drug-likeness (QED) is 0.727. The van der Waals surface area contributed by atoms with E-state index >= 15 is 0 Å². The van der Waals surface area contributed by atoms with E-state index in [1.165, 1.54) is 6.39 Å². The molecule has 0 saturated carbocycles. The second kappa shape index (κ2) is 6.45. The number of oxazole rings is 1. The summed E-state index contributed by atoms with van der Waals surface area (Å²) in [5, 5.41) is 2.77. The van der Waals surface area contributed by atoms with Crippen LogP contribution in [0.4, 0.5) is 11.4 Å². The van der Waals surface area contributed by atoms with Gasteiger partial charge in [-0.3, -0.25) is 9.52 Å². The lowest BCUT2D eigenvalue weighted by Crippen LogP contribution is -2.33. The Morgan fingerprint density at radius 2 is 1.69 bits per heavy atom. The number of hydrogen-bond donors (Lipinski definition) is 2. The number of nitrogens with one attached hydrogen (secondary N) is 2. The van der Waals surface area contributed by atoms with Gasteiger partial charge in [0.15, 0.2) is 12.0 Å². The molecule has 0 unspecified atom stereocenters. The highest BCUT2D eigenvalue weighted by molar-refractivity contribution is 7.94. The molecule has 0 saturated heterocycles. The third-order valence-electron chi connectivity index (χ3n) is 3.79. The predicted octanol–water partition coefficient (Wildman–Crippen LogP) is 3.62. The van der Waals surface area contributed by atoms with Gasteiger partial charge in [0.05, 0.1) is 4.75 Å². The Kier molecular flexibility index (Phi) is 4.45. The number of rotatable bonds is 4. The van der Waals surface area contributed by atoms with Crippen LogP contribution in [0.5, 0.6) is 0 Å². The Morgan fingerprint density at radius 3 is 2.35 bits per heavy atom. The molecule has 0 aliphatic heterocycles. The van der Waals surface area contributed by atoms with Gasteiger partial charge in [-0.25, -0.2) is 13.4 Å². The zero-order valence-electron chi connectivity index (χ0n) is 14.6. The van der Waals surface area contributed by atoms with Crippen molar-refractivity contribution in [2.45, 2.75) is 25.5 Å². The van der Waals surface area contributed by atoms with Crippen LogP contribution in [0.1, 0.15) is 31.1 Å². The van der Waals surface area contributed by atoms with Crippen molar-refractivity contribution in [1.82, 2.24) is 4.98 Å². The lowest BCUT2D eigenvalue weighted by molar-refractivity contribution is 0.102. The van der Waals surface area contributed by atoms with Crippen molar-refractivity contribution < 1.29 is 17.6 Å². The van der Waals surface area contributed by atoms with Crippen LogP contribution < -0.4 is 10.0 Å². The first-order chi connectivity index (χ1) is 12.2. The van der Waals surface area contributed by atoms with Gasteiger partial charge in [0, 0.05) is 16.9 Å². The molecule has 0 aliphatic rings. The summed E-state index contributed by atoms with van der Waals surface area (Å²) >= 11 is 0. The number of carbonyl (C=O) groups is 1. The fourth-order valence-electron chi connectivity index (χ4n) is 2.14. The Labute approximate surface area is 151 Å². The fourth-order valence-corrected chi connectivity index (χ4v) is 2.89. The minimum Gasteiger partial charge on any atom is -0.443 e. The van der Waals surface area contributed by atoms with Gasteiger partial charge in [-0.1, -0.05) is 0 Å². The molecule has 1 amide bonds. The van der Waals surface area contributed by atoms with E-state index in [1.54, 1.807) is 63.2 Å². The average molecular weight is 373 g/mol.